The van der Waals surface area contributed by atoms with Crippen LogP contribution < -0.4 is 9.64 Å². The van der Waals surface area contributed by atoms with E-state index in [1.54, 1.807) is 0 Å². The highest BCUT2D eigenvalue weighted by Gasteiger charge is 2.28. The van der Waals surface area contributed by atoms with Crippen molar-refractivity contribution < 1.29 is 9.53 Å². The highest BCUT2D eigenvalue weighted by atomic mass is 16.5. The van der Waals surface area contributed by atoms with Gasteiger partial charge in [-0.25, -0.2) is 0 Å². The molecule has 1 heterocycles. The van der Waals surface area contributed by atoms with Gasteiger partial charge in [-0.3, -0.25) is 4.79 Å². The number of rotatable bonds is 4. The Bertz CT molecular complexity index is 501. The van der Waals surface area contributed by atoms with Crippen LogP contribution in [-0.4, -0.2) is 43.6 Å². The Balaban J connectivity index is 1.52. The van der Waals surface area contributed by atoms with Gasteiger partial charge in [0.25, 0.3) is 0 Å². The van der Waals surface area contributed by atoms with Crippen molar-refractivity contribution in [1.29, 1.82) is 0 Å². The molecule has 0 unspecified atom stereocenters. The Labute approximate surface area is 139 Å². The summed E-state index contributed by atoms with van der Waals surface area (Å²) >= 11 is 0. The first-order chi connectivity index (χ1) is 11.3. The molecule has 0 N–H and O–H groups in total. The summed E-state index contributed by atoms with van der Waals surface area (Å²) in [5.74, 6) is 1.61. The summed E-state index contributed by atoms with van der Waals surface area (Å²) in [6.45, 7) is 6.24. The third-order valence-corrected chi connectivity index (χ3v) is 5.06. The van der Waals surface area contributed by atoms with Crippen LogP contribution in [0, 0.1) is 5.92 Å². The van der Waals surface area contributed by atoms with Crippen LogP contribution in [0.4, 0.5) is 5.69 Å². The van der Waals surface area contributed by atoms with Crippen molar-refractivity contribution in [1.82, 2.24) is 4.90 Å². The molecule has 1 aromatic rings. The molecule has 4 heteroatoms. The van der Waals surface area contributed by atoms with Gasteiger partial charge in [-0.15, -0.1) is 0 Å². The second-order valence-electron chi connectivity index (χ2n) is 6.57. The summed E-state index contributed by atoms with van der Waals surface area (Å²) < 4.78 is 5.49. The number of hydrogen-bond acceptors (Lipinski definition) is 3. The fourth-order valence-corrected chi connectivity index (χ4v) is 3.71. The summed E-state index contributed by atoms with van der Waals surface area (Å²) in [4.78, 5) is 17.0. The minimum Gasteiger partial charge on any atom is -0.494 e. The molecule has 1 saturated heterocycles. The van der Waals surface area contributed by atoms with Crippen LogP contribution in [0.25, 0.3) is 0 Å². The highest BCUT2D eigenvalue weighted by Crippen LogP contribution is 2.26. The number of anilines is 1. The van der Waals surface area contributed by atoms with Gasteiger partial charge in [0.15, 0.2) is 0 Å². The Hall–Kier alpha value is -1.71. The van der Waals surface area contributed by atoms with Crippen LogP contribution >= 0.6 is 0 Å². The zero-order valence-electron chi connectivity index (χ0n) is 14.2. The van der Waals surface area contributed by atoms with Gasteiger partial charge >= 0.3 is 0 Å². The summed E-state index contributed by atoms with van der Waals surface area (Å²) in [5, 5.41) is 0. The molecule has 0 spiro atoms. The van der Waals surface area contributed by atoms with Crippen LogP contribution in [0.15, 0.2) is 24.3 Å². The molecule has 1 saturated carbocycles. The molecular formula is C19H28N2O2. The summed E-state index contributed by atoms with van der Waals surface area (Å²) in [6, 6.07) is 8.28. The maximum atomic E-state index is 12.6. The maximum Gasteiger partial charge on any atom is 0.225 e. The molecule has 23 heavy (non-hydrogen) atoms. The monoisotopic (exact) mass is 316 g/mol. The first-order valence-electron chi connectivity index (χ1n) is 9.04. The smallest absolute Gasteiger partial charge is 0.225 e. The molecule has 1 amide bonds. The van der Waals surface area contributed by atoms with Crippen LogP contribution in [-0.2, 0) is 4.79 Å². The molecule has 1 aromatic carbocycles. The minimum atomic E-state index is 0.292. The molecule has 0 radical (unpaired) electrons. The van der Waals surface area contributed by atoms with Crippen molar-refractivity contribution in [3.05, 3.63) is 24.3 Å². The summed E-state index contributed by atoms with van der Waals surface area (Å²) in [6.07, 6.45) is 5.94. The molecule has 0 atom stereocenters. The summed E-state index contributed by atoms with van der Waals surface area (Å²) in [5.41, 5.74) is 1.22. The number of piperazine rings is 1. The number of hydrogen-bond donors (Lipinski definition) is 0. The highest BCUT2D eigenvalue weighted by molar-refractivity contribution is 5.79. The third-order valence-electron chi connectivity index (χ3n) is 5.06. The van der Waals surface area contributed by atoms with E-state index >= 15 is 0 Å². The van der Waals surface area contributed by atoms with Crippen molar-refractivity contribution in [2.75, 3.05) is 37.7 Å². The number of ether oxygens (including phenoxy) is 1. The van der Waals surface area contributed by atoms with E-state index in [1.165, 1.54) is 24.9 Å². The Kier molecular flexibility index (Phi) is 5.42. The molecule has 4 nitrogen and oxygen atoms in total. The van der Waals surface area contributed by atoms with Crippen LogP contribution in [0.2, 0.25) is 0 Å². The van der Waals surface area contributed by atoms with Crippen molar-refractivity contribution in [2.24, 2.45) is 5.92 Å². The number of carbonyl (C=O) groups excluding carboxylic acids is 1. The zero-order chi connectivity index (χ0) is 16.1. The van der Waals surface area contributed by atoms with E-state index in [0.29, 0.717) is 18.4 Å². The molecular weight excluding hydrogens is 288 g/mol. The van der Waals surface area contributed by atoms with E-state index in [0.717, 1.165) is 44.8 Å². The number of amides is 1. The average Bonchev–Trinajstić information content (AvgIpc) is 2.63. The van der Waals surface area contributed by atoms with E-state index in [4.69, 9.17) is 4.74 Å². The molecule has 2 fully saturated rings. The van der Waals surface area contributed by atoms with E-state index < -0.39 is 0 Å². The van der Waals surface area contributed by atoms with Gasteiger partial charge in [-0.1, -0.05) is 19.3 Å². The zero-order valence-corrected chi connectivity index (χ0v) is 14.2. The number of nitrogens with zero attached hydrogens (tertiary/aromatic N) is 2. The Morgan fingerprint density at radius 3 is 2.30 bits per heavy atom. The first-order valence-corrected chi connectivity index (χ1v) is 9.04. The van der Waals surface area contributed by atoms with Gasteiger partial charge < -0.3 is 14.5 Å². The molecule has 126 valence electrons. The van der Waals surface area contributed by atoms with E-state index in [-0.39, 0.29) is 0 Å². The number of benzene rings is 1. The van der Waals surface area contributed by atoms with Gasteiger partial charge in [0.1, 0.15) is 5.75 Å². The lowest BCUT2D eigenvalue weighted by Crippen LogP contribution is -2.50. The van der Waals surface area contributed by atoms with Gasteiger partial charge in [0.05, 0.1) is 6.61 Å². The van der Waals surface area contributed by atoms with Crippen molar-refractivity contribution >= 4 is 11.6 Å². The van der Waals surface area contributed by atoms with Crippen molar-refractivity contribution in [3.63, 3.8) is 0 Å². The van der Waals surface area contributed by atoms with E-state index in [2.05, 4.69) is 21.9 Å². The fourth-order valence-electron chi connectivity index (χ4n) is 3.71. The second kappa shape index (κ2) is 7.71. The summed E-state index contributed by atoms with van der Waals surface area (Å²) in [7, 11) is 0. The first kappa shape index (κ1) is 16.2. The third kappa shape index (κ3) is 3.98. The topological polar surface area (TPSA) is 32.8 Å². The van der Waals surface area contributed by atoms with Gasteiger partial charge in [-0.05, 0) is 44.0 Å². The lowest BCUT2D eigenvalue weighted by Gasteiger charge is -2.38. The quantitative estimate of drug-likeness (QED) is 0.854. The molecule has 2 aliphatic rings. The average molecular weight is 316 g/mol. The Morgan fingerprint density at radius 2 is 1.70 bits per heavy atom. The lowest BCUT2D eigenvalue weighted by atomic mass is 9.88. The van der Waals surface area contributed by atoms with Gasteiger partial charge in [-0.2, -0.15) is 0 Å². The standard InChI is InChI=1S/C19H28N2O2/c1-2-23-18-10-8-17(9-11-18)20-12-14-21(15-13-20)19(22)16-6-4-3-5-7-16/h8-11,16H,2-7,12-15H2,1H3. The van der Waals surface area contributed by atoms with E-state index in [9.17, 15) is 4.79 Å². The molecule has 3 rings (SSSR count). The molecule has 0 bridgehead atoms. The van der Waals surface area contributed by atoms with Crippen molar-refractivity contribution in [2.45, 2.75) is 39.0 Å². The second-order valence-corrected chi connectivity index (χ2v) is 6.57. The predicted molar refractivity (Wildman–Crippen MR) is 93.0 cm³/mol. The fraction of sp³-hybridized carbons (Fsp3) is 0.632. The van der Waals surface area contributed by atoms with Crippen LogP contribution in [0.1, 0.15) is 39.0 Å². The largest absolute Gasteiger partial charge is 0.494 e. The lowest BCUT2D eigenvalue weighted by molar-refractivity contribution is -0.136. The van der Waals surface area contributed by atoms with Crippen LogP contribution in [0.3, 0.4) is 0 Å². The molecule has 1 aliphatic heterocycles. The van der Waals surface area contributed by atoms with Gasteiger partial charge in [0, 0.05) is 37.8 Å². The predicted octanol–water partition coefficient (Wildman–Crippen LogP) is 3.31. The Morgan fingerprint density at radius 1 is 1.04 bits per heavy atom. The number of carbonyl (C=O) groups is 1. The molecule has 0 aromatic heterocycles. The molecule has 1 aliphatic carbocycles. The maximum absolute atomic E-state index is 12.6. The normalized spacial score (nSPS) is 19.7. The van der Waals surface area contributed by atoms with E-state index in [1.807, 2.05) is 19.1 Å². The van der Waals surface area contributed by atoms with Crippen molar-refractivity contribution in [3.8, 4) is 5.75 Å². The van der Waals surface area contributed by atoms with Crippen LogP contribution in [0.5, 0.6) is 5.75 Å². The SMILES string of the molecule is CCOc1ccc(N2CCN(C(=O)C3CCCCC3)CC2)cc1. The van der Waals surface area contributed by atoms with Gasteiger partial charge in [0.2, 0.25) is 5.91 Å². The minimum absolute atomic E-state index is 0.292.